The van der Waals surface area contributed by atoms with Crippen LogP contribution in [-0.2, 0) is 0 Å². The maximum absolute atomic E-state index is 12.3. The summed E-state index contributed by atoms with van der Waals surface area (Å²) in [6, 6.07) is 12.7. The van der Waals surface area contributed by atoms with E-state index < -0.39 is 6.10 Å². The lowest BCUT2D eigenvalue weighted by Crippen LogP contribution is -2.23. The van der Waals surface area contributed by atoms with Crippen LogP contribution in [0, 0.1) is 13.8 Å². The van der Waals surface area contributed by atoms with Crippen LogP contribution in [0.25, 0.3) is 0 Å². The molecule has 0 amide bonds. The van der Waals surface area contributed by atoms with Gasteiger partial charge in [-0.3, -0.25) is 4.79 Å². The molecular weight excluding hydrogens is 272 g/mol. The highest BCUT2D eigenvalue weighted by Crippen LogP contribution is 2.19. The lowest BCUT2D eigenvalue weighted by atomic mass is 10.1. The van der Waals surface area contributed by atoms with Crippen molar-refractivity contribution in [3.63, 3.8) is 0 Å². The number of hydrogen-bond donors (Lipinski definition) is 0. The molecule has 2 aromatic carbocycles. The van der Waals surface area contributed by atoms with Crippen LogP contribution in [0.15, 0.2) is 42.5 Å². The Morgan fingerprint density at radius 2 is 1.85 bits per heavy atom. The highest BCUT2D eigenvalue weighted by Gasteiger charge is 2.17. The molecule has 0 fully saturated rings. The number of aryl methyl sites for hydroxylation is 2. The van der Waals surface area contributed by atoms with Gasteiger partial charge in [0.2, 0.25) is 5.78 Å². The van der Waals surface area contributed by atoms with Crippen molar-refractivity contribution < 1.29 is 9.53 Å². The molecule has 0 bridgehead atoms. The van der Waals surface area contributed by atoms with Gasteiger partial charge < -0.3 is 4.74 Å². The minimum Gasteiger partial charge on any atom is -0.483 e. The molecule has 2 nitrogen and oxygen atoms in total. The Labute approximate surface area is 124 Å². The highest BCUT2D eigenvalue weighted by molar-refractivity contribution is 6.31. The third-order valence-corrected chi connectivity index (χ3v) is 3.50. The molecule has 0 heterocycles. The first-order valence-corrected chi connectivity index (χ1v) is 6.89. The zero-order valence-corrected chi connectivity index (χ0v) is 12.6. The molecule has 0 aliphatic carbocycles. The first-order valence-electron chi connectivity index (χ1n) is 6.51. The van der Waals surface area contributed by atoms with Gasteiger partial charge in [0.05, 0.1) is 0 Å². The molecule has 0 aliphatic rings. The van der Waals surface area contributed by atoms with Gasteiger partial charge in [0.15, 0.2) is 6.10 Å². The Balaban J connectivity index is 2.13. The van der Waals surface area contributed by atoms with E-state index in [4.69, 9.17) is 16.3 Å². The summed E-state index contributed by atoms with van der Waals surface area (Å²) >= 11 is 5.90. The van der Waals surface area contributed by atoms with Crippen molar-refractivity contribution in [2.45, 2.75) is 26.9 Å². The third-order valence-electron chi connectivity index (χ3n) is 3.27. The summed E-state index contributed by atoms with van der Waals surface area (Å²) in [5.41, 5.74) is 2.91. The summed E-state index contributed by atoms with van der Waals surface area (Å²) in [6.45, 7) is 5.81. The van der Waals surface area contributed by atoms with Crippen LogP contribution in [0.2, 0.25) is 5.02 Å². The fraction of sp³-hybridized carbons (Fsp3) is 0.235. The molecular formula is C17H17ClO2. The van der Waals surface area contributed by atoms with Gasteiger partial charge in [0, 0.05) is 10.6 Å². The van der Waals surface area contributed by atoms with Crippen molar-refractivity contribution in [2.24, 2.45) is 0 Å². The summed E-state index contributed by atoms with van der Waals surface area (Å²) in [6.07, 6.45) is -0.546. The van der Waals surface area contributed by atoms with Crippen LogP contribution < -0.4 is 4.74 Å². The average Bonchev–Trinajstić information content (AvgIpc) is 2.42. The summed E-state index contributed by atoms with van der Waals surface area (Å²) in [5, 5.41) is 0.550. The number of rotatable bonds is 4. The van der Waals surface area contributed by atoms with E-state index in [0.717, 1.165) is 5.56 Å². The second-order valence-electron chi connectivity index (χ2n) is 4.88. The van der Waals surface area contributed by atoms with Gasteiger partial charge in [-0.1, -0.05) is 29.8 Å². The second kappa shape index (κ2) is 6.10. The molecule has 0 saturated heterocycles. The van der Waals surface area contributed by atoms with Crippen LogP contribution in [0.4, 0.5) is 0 Å². The predicted octanol–water partition coefficient (Wildman–Crippen LogP) is 4.61. The first kappa shape index (κ1) is 14.6. The first-order chi connectivity index (χ1) is 9.47. The molecule has 0 aromatic heterocycles. The number of benzene rings is 2. The zero-order valence-electron chi connectivity index (χ0n) is 11.8. The Morgan fingerprint density at radius 3 is 2.50 bits per heavy atom. The number of carbonyl (C=O) groups excluding carboxylic acids is 1. The molecule has 0 spiro atoms. The molecule has 0 N–H and O–H groups in total. The molecule has 2 aromatic rings. The SMILES string of the molecule is Cc1ccc(OC(C)C(=O)c2cccc(Cl)c2)cc1C. The smallest absolute Gasteiger partial charge is 0.203 e. The maximum atomic E-state index is 12.3. The molecule has 3 heteroatoms. The van der Waals surface area contributed by atoms with Crippen molar-refractivity contribution in [3.05, 3.63) is 64.2 Å². The van der Waals surface area contributed by atoms with Gasteiger partial charge >= 0.3 is 0 Å². The van der Waals surface area contributed by atoms with Crippen LogP contribution >= 0.6 is 11.6 Å². The lowest BCUT2D eigenvalue weighted by Gasteiger charge is -2.15. The molecule has 1 unspecified atom stereocenters. The van der Waals surface area contributed by atoms with E-state index in [1.165, 1.54) is 5.56 Å². The van der Waals surface area contributed by atoms with Crippen molar-refractivity contribution in [3.8, 4) is 5.75 Å². The Bertz CT molecular complexity index is 635. The maximum Gasteiger partial charge on any atom is 0.203 e. The van der Waals surface area contributed by atoms with Crippen LogP contribution in [0.3, 0.4) is 0 Å². The van der Waals surface area contributed by atoms with E-state index in [9.17, 15) is 4.79 Å². The fourth-order valence-corrected chi connectivity index (χ4v) is 2.11. The van der Waals surface area contributed by atoms with E-state index in [2.05, 4.69) is 0 Å². The third kappa shape index (κ3) is 3.40. The summed E-state index contributed by atoms with van der Waals surface area (Å²) in [4.78, 5) is 12.3. The van der Waals surface area contributed by atoms with Gasteiger partial charge in [-0.05, 0) is 56.2 Å². The quantitative estimate of drug-likeness (QED) is 0.768. The molecule has 1 atom stereocenters. The Kier molecular flexibility index (Phi) is 4.46. The van der Waals surface area contributed by atoms with Crippen molar-refractivity contribution in [2.75, 3.05) is 0 Å². The number of carbonyl (C=O) groups is 1. The second-order valence-corrected chi connectivity index (χ2v) is 5.32. The minimum atomic E-state index is -0.546. The molecule has 104 valence electrons. The highest BCUT2D eigenvalue weighted by atomic mass is 35.5. The normalized spacial score (nSPS) is 12.0. The zero-order chi connectivity index (χ0) is 14.7. The molecule has 0 radical (unpaired) electrons. The van der Waals surface area contributed by atoms with Gasteiger partial charge in [0.1, 0.15) is 5.75 Å². The number of ether oxygens (including phenoxy) is 1. The summed E-state index contributed by atoms with van der Waals surface area (Å²) in [5.74, 6) is 0.627. The van der Waals surface area contributed by atoms with Crippen molar-refractivity contribution >= 4 is 17.4 Å². The topological polar surface area (TPSA) is 26.3 Å². The molecule has 0 aliphatic heterocycles. The van der Waals surface area contributed by atoms with Crippen molar-refractivity contribution in [1.82, 2.24) is 0 Å². The van der Waals surface area contributed by atoms with Crippen LogP contribution in [-0.4, -0.2) is 11.9 Å². The van der Waals surface area contributed by atoms with E-state index in [0.29, 0.717) is 16.3 Å². The van der Waals surface area contributed by atoms with Gasteiger partial charge in [-0.15, -0.1) is 0 Å². The van der Waals surface area contributed by atoms with E-state index in [1.54, 1.807) is 31.2 Å². The van der Waals surface area contributed by atoms with Crippen LogP contribution in [0.5, 0.6) is 5.75 Å². The summed E-state index contributed by atoms with van der Waals surface area (Å²) < 4.78 is 5.71. The van der Waals surface area contributed by atoms with Gasteiger partial charge in [-0.2, -0.15) is 0 Å². The van der Waals surface area contributed by atoms with Gasteiger partial charge in [0.25, 0.3) is 0 Å². The van der Waals surface area contributed by atoms with Gasteiger partial charge in [-0.25, -0.2) is 0 Å². The van der Waals surface area contributed by atoms with Crippen molar-refractivity contribution in [1.29, 1.82) is 0 Å². The standard InChI is InChI=1S/C17H17ClO2/c1-11-7-8-16(9-12(11)2)20-13(3)17(19)14-5-4-6-15(18)10-14/h4-10,13H,1-3H3. The fourth-order valence-electron chi connectivity index (χ4n) is 1.92. The Hall–Kier alpha value is -1.80. The molecule has 20 heavy (non-hydrogen) atoms. The predicted molar refractivity (Wildman–Crippen MR) is 81.8 cm³/mol. The number of hydrogen-bond acceptors (Lipinski definition) is 2. The molecule has 2 rings (SSSR count). The number of halogens is 1. The average molecular weight is 289 g/mol. The Morgan fingerprint density at radius 1 is 1.10 bits per heavy atom. The number of Topliss-reactive ketones (excluding diaryl/α,β-unsaturated/α-hetero) is 1. The van der Waals surface area contributed by atoms with E-state index in [-0.39, 0.29) is 5.78 Å². The van der Waals surface area contributed by atoms with E-state index >= 15 is 0 Å². The lowest BCUT2D eigenvalue weighted by molar-refractivity contribution is 0.0818. The largest absolute Gasteiger partial charge is 0.483 e. The minimum absolute atomic E-state index is 0.0780. The monoisotopic (exact) mass is 288 g/mol. The summed E-state index contributed by atoms with van der Waals surface area (Å²) in [7, 11) is 0. The van der Waals surface area contributed by atoms with E-state index in [1.807, 2.05) is 32.0 Å². The van der Waals surface area contributed by atoms with Crippen LogP contribution in [0.1, 0.15) is 28.4 Å². The molecule has 0 saturated carbocycles. The number of ketones is 1.